The predicted molar refractivity (Wildman–Crippen MR) is 89.6 cm³/mol. The van der Waals surface area contributed by atoms with Crippen LogP contribution in [0.5, 0.6) is 0 Å². The van der Waals surface area contributed by atoms with Crippen molar-refractivity contribution in [2.45, 2.75) is 26.4 Å². The summed E-state index contributed by atoms with van der Waals surface area (Å²) in [7, 11) is 1.90. The molecule has 0 bridgehead atoms. The van der Waals surface area contributed by atoms with Crippen molar-refractivity contribution >= 4 is 27.5 Å². The zero-order chi connectivity index (χ0) is 15.2. The molecule has 0 aliphatic carbocycles. The van der Waals surface area contributed by atoms with Crippen molar-refractivity contribution in [1.82, 2.24) is 9.88 Å². The summed E-state index contributed by atoms with van der Waals surface area (Å²) in [6.45, 7) is 3.70. The van der Waals surface area contributed by atoms with Gasteiger partial charge >= 0.3 is 0 Å². The lowest BCUT2D eigenvalue weighted by molar-refractivity contribution is 0.101. The number of carbonyl (C=O) groups is 1. The summed E-state index contributed by atoms with van der Waals surface area (Å²) in [4.78, 5) is 12.4. The van der Waals surface area contributed by atoms with Gasteiger partial charge in [0.05, 0.1) is 0 Å². The van der Waals surface area contributed by atoms with Gasteiger partial charge in [0.25, 0.3) is 5.91 Å². The Balaban J connectivity index is 2.16. The molecule has 1 aromatic carbocycles. The molecular weight excluding hydrogens is 330 g/mol. The SMILES string of the molecule is CCCn1cc(Br)cc1C(=O)Nc1cccc(CNC)c1. The molecule has 0 saturated heterocycles. The number of hydrogen-bond donors (Lipinski definition) is 2. The van der Waals surface area contributed by atoms with Crippen LogP contribution in [0.2, 0.25) is 0 Å². The first kappa shape index (κ1) is 15.8. The smallest absolute Gasteiger partial charge is 0.272 e. The van der Waals surface area contributed by atoms with E-state index in [1.807, 2.05) is 48.1 Å². The number of aromatic nitrogens is 1. The average Bonchev–Trinajstić information content (AvgIpc) is 2.81. The number of benzene rings is 1. The molecule has 1 heterocycles. The van der Waals surface area contributed by atoms with Crippen LogP contribution in [0.15, 0.2) is 41.0 Å². The molecule has 5 heteroatoms. The van der Waals surface area contributed by atoms with Gasteiger partial charge in [-0.3, -0.25) is 4.79 Å². The van der Waals surface area contributed by atoms with Crippen LogP contribution in [0.25, 0.3) is 0 Å². The normalized spacial score (nSPS) is 10.6. The summed E-state index contributed by atoms with van der Waals surface area (Å²) >= 11 is 3.43. The minimum absolute atomic E-state index is 0.0873. The Kier molecular flexibility index (Phi) is 5.59. The number of aryl methyl sites for hydroxylation is 1. The van der Waals surface area contributed by atoms with Gasteiger partial charge < -0.3 is 15.2 Å². The molecule has 0 aliphatic rings. The van der Waals surface area contributed by atoms with Crippen molar-refractivity contribution in [3.63, 3.8) is 0 Å². The van der Waals surface area contributed by atoms with Crippen LogP contribution in [-0.2, 0) is 13.1 Å². The van der Waals surface area contributed by atoms with E-state index in [-0.39, 0.29) is 5.91 Å². The van der Waals surface area contributed by atoms with Crippen LogP contribution < -0.4 is 10.6 Å². The molecule has 0 saturated carbocycles. The van der Waals surface area contributed by atoms with Crippen LogP contribution in [-0.4, -0.2) is 17.5 Å². The minimum Gasteiger partial charge on any atom is -0.342 e. The lowest BCUT2D eigenvalue weighted by atomic mass is 10.2. The number of amides is 1. The zero-order valence-corrected chi connectivity index (χ0v) is 13.9. The van der Waals surface area contributed by atoms with Gasteiger partial charge in [-0.2, -0.15) is 0 Å². The Morgan fingerprint density at radius 3 is 2.86 bits per heavy atom. The third-order valence-electron chi connectivity index (χ3n) is 3.13. The minimum atomic E-state index is -0.0873. The van der Waals surface area contributed by atoms with Crippen molar-refractivity contribution in [2.24, 2.45) is 0 Å². The number of nitrogens with one attached hydrogen (secondary N) is 2. The second-order valence-electron chi connectivity index (χ2n) is 4.92. The molecule has 0 atom stereocenters. The summed E-state index contributed by atoms with van der Waals surface area (Å²) in [5.74, 6) is -0.0873. The molecule has 2 rings (SSSR count). The van der Waals surface area contributed by atoms with E-state index in [1.54, 1.807) is 0 Å². The van der Waals surface area contributed by atoms with E-state index in [0.29, 0.717) is 5.69 Å². The first-order chi connectivity index (χ1) is 10.1. The third-order valence-corrected chi connectivity index (χ3v) is 3.56. The maximum absolute atomic E-state index is 12.4. The topological polar surface area (TPSA) is 46.1 Å². The molecule has 21 heavy (non-hydrogen) atoms. The van der Waals surface area contributed by atoms with Crippen molar-refractivity contribution < 1.29 is 4.79 Å². The fourth-order valence-electron chi connectivity index (χ4n) is 2.25. The first-order valence-electron chi connectivity index (χ1n) is 7.04. The fourth-order valence-corrected chi connectivity index (χ4v) is 2.71. The Morgan fingerprint density at radius 2 is 2.14 bits per heavy atom. The van der Waals surface area contributed by atoms with E-state index in [2.05, 4.69) is 33.5 Å². The highest BCUT2D eigenvalue weighted by Crippen LogP contribution is 2.18. The Labute approximate surface area is 133 Å². The lowest BCUT2D eigenvalue weighted by Gasteiger charge is -2.10. The maximum atomic E-state index is 12.4. The highest BCUT2D eigenvalue weighted by Gasteiger charge is 2.13. The molecule has 2 N–H and O–H groups in total. The average molecular weight is 350 g/mol. The summed E-state index contributed by atoms with van der Waals surface area (Å²) in [5, 5.41) is 6.06. The second-order valence-corrected chi connectivity index (χ2v) is 5.84. The Hall–Kier alpha value is -1.59. The van der Waals surface area contributed by atoms with Gasteiger partial charge in [0, 0.05) is 29.4 Å². The van der Waals surface area contributed by atoms with E-state index >= 15 is 0 Å². The van der Waals surface area contributed by atoms with Crippen molar-refractivity contribution in [2.75, 3.05) is 12.4 Å². The standard InChI is InChI=1S/C16H20BrN3O/c1-3-7-20-11-13(17)9-15(20)16(21)19-14-6-4-5-12(8-14)10-18-2/h4-6,8-9,11,18H,3,7,10H2,1-2H3,(H,19,21). The van der Waals surface area contributed by atoms with Crippen molar-refractivity contribution in [3.8, 4) is 0 Å². The molecule has 0 radical (unpaired) electrons. The van der Waals surface area contributed by atoms with Gasteiger partial charge in [-0.15, -0.1) is 0 Å². The molecule has 112 valence electrons. The quantitative estimate of drug-likeness (QED) is 0.836. The first-order valence-corrected chi connectivity index (χ1v) is 7.84. The fraction of sp³-hybridized carbons (Fsp3) is 0.312. The number of nitrogens with zero attached hydrogens (tertiary/aromatic N) is 1. The van der Waals surface area contributed by atoms with Gasteiger partial charge in [-0.1, -0.05) is 19.1 Å². The van der Waals surface area contributed by atoms with E-state index in [0.717, 1.165) is 35.2 Å². The van der Waals surface area contributed by atoms with Gasteiger partial charge in [-0.05, 0) is 53.2 Å². The van der Waals surface area contributed by atoms with Crippen LogP contribution in [0.3, 0.4) is 0 Å². The molecule has 2 aromatic rings. The number of rotatable bonds is 6. The molecule has 0 aliphatic heterocycles. The monoisotopic (exact) mass is 349 g/mol. The zero-order valence-electron chi connectivity index (χ0n) is 12.3. The second kappa shape index (κ2) is 7.43. The van der Waals surface area contributed by atoms with Gasteiger partial charge in [-0.25, -0.2) is 0 Å². The molecule has 0 spiro atoms. The predicted octanol–water partition coefficient (Wildman–Crippen LogP) is 3.63. The summed E-state index contributed by atoms with van der Waals surface area (Å²) in [5.41, 5.74) is 2.62. The number of hydrogen-bond acceptors (Lipinski definition) is 2. The maximum Gasteiger partial charge on any atom is 0.272 e. The van der Waals surface area contributed by atoms with E-state index in [1.165, 1.54) is 0 Å². The summed E-state index contributed by atoms with van der Waals surface area (Å²) in [6, 6.07) is 9.71. The molecule has 0 fully saturated rings. The van der Waals surface area contributed by atoms with Crippen LogP contribution in [0.1, 0.15) is 29.4 Å². The number of carbonyl (C=O) groups excluding carboxylic acids is 1. The molecule has 1 aromatic heterocycles. The summed E-state index contributed by atoms with van der Waals surface area (Å²) in [6.07, 6.45) is 2.93. The van der Waals surface area contributed by atoms with Crippen LogP contribution in [0.4, 0.5) is 5.69 Å². The van der Waals surface area contributed by atoms with E-state index in [4.69, 9.17) is 0 Å². The molecule has 0 unspecified atom stereocenters. The number of halogens is 1. The van der Waals surface area contributed by atoms with Gasteiger partial charge in [0.15, 0.2) is 0 Å². The highest BCUT2D eigenvalue weighted by molar-refractivity contribution is 9.10. The van der Waals surface area contributed by atoms with Crippen molar-refractivity contribution in [1.29, 1.82) is 0 Å². The summed E-state index contributed by atoms with van der Waals surface area (Å²) < 4.78 is 2.89. The third kappa shape index (κ3) is 4.19. The van der Waals surface area contributed by atoms with Gasteiger partial charge in [0.1, 0.15) is 5.69 Å². The Morgan fingerprint density at radius 1 is 1.33 bits per heavy atom. The molecule has 1 amide bonds. The van der Waals surface area contributed by atoms with Crippen LogP contribution >= 0.6 is 15.9 Å². The highest BCUT2D eigenvalue weighted by atomic mass is 79.9. The largest absolute Gasteiger partial charge is 0.342 e. The van der Waals surface area contributed by atoms with E-state index in [9.17, 15) is 4.79 Å². The van der Waals surface area contributed by atoms with E-state index < -0.39 is 0 Å². The van der Waals surface area contributed by atoms with Crippen LogP contribution in [0, 0.1) is 0 Å². The number of anilines is 1. The van der Waals surface area contributed by atoms with Gasteiger partial charge in [0.2, 0.25) is 0 Å². The molecular formula is C16H20BrN3O. The molecule has 4 nitrogen and oxygen atoms in total. The lowest BCUT2D eigenvalue weighted by Crippen LogP contribution is -2.17. The Bertz CT molecular complexity index is 622. The van der Waals surface area contributed by atoms with Crippen molar-refractivity contribution in [3.05, 3.63) is 52.3 Å².